The van der Waals surface area contributed by atoms with Crippen LogP contribution in [0.4, 0.5) is 0 Å². The third-order valence-corrected chi connectivity index (χ3v) is 7.88. The van der Waals surface area contributed by atoms with Gasteiger partial charge in [0.15, 0.2) is 0 Å². The maximum absolute atomic E-state index is 11.0. The summed E-state index contributed by atoms with van der Waals surface area (Å²) < 4.78 is 0. The molecule has 0 heterocycles. The van der Waals surface area contributed by atoms with Gasteiger partial charge in [0.25, 0.3) is 0 Å². The maximum atomic E-state index is 11.0. The standard InChI is InChI=1S/C29H40O2/c1-3-20-15-24(22-11-7-5-8-12-22)17-26(28(20)30)19-27-18-25(16-21(4-2)29(27)31)23-13-9-6-10-14-23/h15-18,22-23,30-31H,3-14,19H2,1-2H3. The highest BCUT2D eigenvalue weighted by Gasteiger charge is 2.22. The highest BCUT2D eigenvalue weighted by molar-refractivity contribution is 5.51. The molecule has 4 rings (SSSR count). The number of phenolic OH excluding ortho intramolecular Hbond substituents is 2. The first-order valence-corrected chi connectivity index (χ1v) is 12.8. The Morgan fingerprint density at radius 3 is 1.29 bits per heavy atom. The number of phenols is 2. The van der Waals surface area contributed by atoms with Gasteiger partial charge in [0.1, 0.15) is 11.5 Å². The second kappa shape index (κ2) is 10.1. The summed E-state index contributed by atoms with van der Waals surface area (Å²) >= 11 is 0. The van der Waals surface area contributed by atoms with E-state index in [1.807, 2.05) is 0 Å². The van der Waals surface area contributed by atoms with Crippen molar-refractivity contribution in [2.24, 2.45) is 0 Å². The molecule has 0 bridgehead atoms. The Labute approximate surface area is 188 Å². The van der Waals surface area contributed by atoms with Crippen molar-refractivity contribution >= 4 is 0 Å². The zero-order chi connectivity index (χ0) is 21.8. The van der Waals surface area contributed by atoms with Crippen molar-refractivity contribution < 1.29 is 10.2 Å². The van der Waals surface area contributed by atoms with Gasteiger partial charge in [0, 0.05) is 6.42 Å². The molecule has 0 atom stereocenters. The number of benzene rings is 2. The monoisotopic (exact) mass is 420 g/mol. The van der Waals surface area contributed by atoms with Crippen molar-refractivity contribution in [3.63, 3.8) is 0 Å². The first kappa shape index (κ1) is 22.2. The maximum Gasteiger partial charge on any atom is 0.122 e. The van der Waals surface area contributed by atoms with Gasteiger partial charge in [-0.3, -0.25) is 0 Å². The van der Waals surface area contributed by atoms with Crippen LogP contribution in [0, 0.1) is 0 Å². The summed E-state index contributed by atoms with van der Waals surface area (Å²) in [6.07, 6.45) is 15.3. The quantitative estimate of drug-likeness (QED) is 0.498. The lowest BCUT2D eigenvalue weighted by molar-refractivity contribution is 0.437. The fraction of sp³-hybridized carbons (Fsp3) is 0.586. The molecule has 0 saturated heterocycles. The van der Waals surface area contributed by atoms with E-state index in [1.165, 1.54) is 75.3 Å². The highest BCUT2D eigenvalue weighted by atomic mass is 16.3. The van der Waals surface area contributed by atoms with Gasteiger partial charge in [0.2, 0.25) is 0 Å². The predicted molar refractivity (Wildman–Crippen MR) is 129 cm³/mol. The first-order chi connectivity index (χ1) is 15.1. The van der Waals surface area contributed by atoms with E-state index >= 15 is 0 Å². The largest absolute Gasteiger partial charge is 0.507 e. The Balaban J connectivity index is 1.70. The van der Waals surface area contributed by atoms with Gasteiger partial charge in [-0.2, -0.15) is 0 Å². The summed E-state index contributed by atoms with van der Waals surface area (Å²) in [4.78, 5) is 0. The molecule has 2 N–H and O–H groups in total. The molecule has 2 aromatic rings. The Hall–Kier alpha value is -1.96. The van der Waals surface area contributed by atoms with Gasteiger partial charge in [-0.25, -0.2) is 0 Å². The number of aryl methyl sites for hydroxylation is 2. The molecule has 31 heavy (non-hydrogen) atoms. The molecule has 2 aliphatic carbocycles. The summed E-state index contributed by atoms with van der Waals surface area (Å²) in [7, 11) is 0. The summed E-state index contributed by atoms with van der Waals surface area (Å²) in [5.74, 6) is 2.10. The van der Waals surface area contributed by atoms with Crippen molar-refractivity contribution in [2.75, 3.05) is 0 Å². The number of hydrogen-bond donors (Lipinski definition) is 2. The van der Waals surface area contributed by atoms with E-state index in [1.54, 1.807) is 0 Å². The lowest BCUT2D eigenvalue weighted by Gasteiger charge is -2.25. The molecule has 0 radical (unpaired) electrons. The Kier molecular flexibility index (Phi) is 7.25. The van der Waals surface area contributed by atoms with Crippen LogP contribution in [0.5, 0.6) is 11.5 Å². The number of aromatic hydroxyl groups is 2. The van der Waals surface area contributed by atoms with Crippen molar-refractivity contribution in [1.82, 2.24) is 0 Å². The first-order valence-electron chi connectivity index (χ1n) is 12.8. The van der Waals surface area contributed by atoms with Gasteiger partial charge in [-0.1, -0.05) is 76.6 Å². The molecule has 0 aromatic heterocycles. The summed E-state index contributed by atoms with van der Waals surface area (Å²) in [5.41, 5.74) is 6.86. The van der Waals surface area contributed by atoms with Crippen LogP contribution in [-0.2, 0) is 19.3 Å². The fourth-order valence-electron chi connectivity index (χ4n) is 5.93. The average Bonchev–Trinajstić information content (AvgIpc) is 2.82. The molecule has 2 nitrogen and oxygen atoms in total. The molecule has 0 aliphatic heterocycles. The van der Waals surface area contributed by atoms with Crippen molar-refractivity contribution in [2.45, 2.75) is 109 Å². The van der Waals surface area contributed by atoms with Crippen molar-refractivity contribution in [3.05, 3.63) is 57.6 Å². The molecule has 0 unspecified atom stereocenters. The second-order valence-electron chi connectivity index (χ2n) is 9.93. The SMILES string of the molecule is CCc1cc(C2CCCCC2)cc(Cc2cc(C3CCCCC3)cc(CC)c2O)c1O. The average molecular weight is 421 g/mol. The third kappa shape index (κ3) is 4.94. The van der Waals surface area contributed by atoms with Crippen LogP contribution >= 0.6 is 0 Å². The summed E-state index contributed by atoms with van der Waals surface area (Å²) in [6.45, 7) is 4.25. The molecular formula is C29H40O2. The predicted octanol–water partition coefficient (Wildman–Crippen LogP) is 7.91. The van der Waals surface area contributed by atoms with E-state index in [4.69, 9.17) is 0 Å². The molecule has 168 valence electrons. The molecule has 2 fully saturated rings. The van der Waals surface area contributed by atoms with E-state index < -0.39 is 0 Å². The zero-order valence-electron chi connectivity index (χ0n) is 19.6. The third-order valence-electron chi connectivity index (χ3n) is 7.88. The minimum Gasteiger partial charge on any atom is -0.507 e. The Morgan fingerprint density at radius 1 is 0.581 bits per heavy atom. The van der Waals surface area contributed by atoms with E-state index in [-0.39, 0.29) is 0 Å². The van der Waals surface area contributed by atoms with Crippen LogP contribution in [0.1, 0.15) is 123 Å². The molecule has 2 aromatic carbocycles. The summed E-state index contributed by atoms with van der Waals surface area (Å²) in [6, 6.07) is 8.96. The number of hydrogen-bond acceptors (Lipinski definition) is 2. The zero-order valence-corrected chi connectivity index (χ0v) is 19.6. The smallest absolute Gasteiger partial charge is 0.122 e. The Bertz CT molecular complexity index is 813. The molecular weight excluding hydrogens is 380 g/mol. The van der Waals surface area contributed by atoms with E-state index in [0.29, 0.717) is 29.8 Å². The normalized spacial score (nSPS) is 18.4. The van der Waals surface area contributed by atoms with Crippen molar-refractivity contribution in [1.29, 1.82) is 0 Å². The van der Waals surface area contributed by atoms with Crippen LogP contribution < -0.4 is 0 Å². The van der Waals surface area contributed by atoms with Crippen molar-refractivity contribution in [3.8, 4) is 11.5 Å². The molecule has 2 aliphatic rings. The fourth-order valence-corrected chi connectivity index (χ4v) is 5.93. The minimum absolute atomic E-state index is 0.433. The van der Waals surface area contributed by atoms with E-state index in [9.17, 15) is 10.2 Å². The van der Waals surface area contributed by atoms with Crippen LogP contribution in [0.25, 0.3) is 0 Å². The van der Waals surface area contributed by atoms with Crippen LogP contribution in [0.3, 0.4) is 0 Å². The Morgan fingerprint density at radius 2 is 0.935 bits per heavy atom. The molecule has 2 heteroatoms. The number of rotatable bonds is 6. The van der Waals surface area contributed by atoms with Gasteiger partial charge < -0.3 is 10.2 Å². The van der Waals surface area contributed by atoms with Crippen LogP contribution in [-0.4, -0.2) is 10.2 Å². The van der Waals surface area contributed by atoms with E-state index in [2.05, 4.69) is 38.1 Å². The van der Waals surface area contributed by atoms with Gasteiger partial charge in [-0.15, -0.1) is 0 Å². The summed E-state index contributed by atoms with van der Waals surface area (Å²) in [5, 5.41) is 22.1. The van der Waals surface area contributed by atoms with Crippen LogP contribution in [0.15, 0.2) is 24.3 Å². The van der Waals surface area contributed by atoms with Crippen LogP contribution in [0.2, 0.25) is 0 Å². The second-order valence-corrected chi connectivity index (χ2v) is 9.93. The molecule has 0 amide bonds. The molecule has 0 spiro atoms. The topological polar surface area (TPSA) is 40.5 Å². The lowest BCUT2D eigenvalue weighted by Crippen LogP contribution is -2.08. The minimum atomic E-state index is 0.433. The van der Waals surface area contributed by atoms with Gasteiger partial charge in [0.05, 0.1) is 0 Å². The van der Waals surface area contributed by atoms with E-state index in [0.717, 1.165) is 35.1 Å². The lowest BCUT2D eigenvalue weighted by atomic mass is 9.81. The van der Waals surface area contributed by atoms with Gasteiger partial charge >= 0.3 is 0 Å². The highest BCUT2D eigenvalue weighted by Crippen LogP contribution is 2.40. The molecule has 2 saturated carbocycles. The van der Waals surface area contributed by atoms with Gasteiger partial charge in [-0.05, 0) is 83.7 Å².